The van der Waals surface area contributed by atoms with Crippen LogP contribution in [0.15, 0.2) is 28.6 Å². The first-order valence-corrected chi connectivity index (χ1v) is 11.0. The maximum Gasteiger partial charge on any atom is 0.234 e. The summed E-state index contributed by atoms with van der Waals surface area (Å²) in [5.41, 5.74) is 2.06. The zero-order valence-corrected chi connectivity index (χ0v) is 16.7. The molecular formula is C18H23N5O2S2. The van der Waals surface area contributed by atoms with Gasteiger partial charge in [0, 0.05) is 31.4 Å². The molecule has 1 aliphatic carbocycles. The number of nitrogens with one attached hydrogen (secondary N) is 2. The van der Waals surface area contributed by atoms with Gasteiger partial charge in [-0.25, -0.2) is 0 Å². The van der Waals surface area contributed by atoms with Gasteiger partial charge in [0.2, 0.25) is 11.0 Å². The van der Waals surface area contributed by atoms with E-state index in [2.05, 4.69) is 37.9 Å². The summed E-state index contributed by atoms with van der Waals surface area (Å²) in [7, 11) is 0. The molecule has 1 aromatic heterocycles. The molecule has 1 aliphatic heterocycles. The predicted molar refractivity (Wildman–Crippen MR) is 108 cm³/mol. The lowest BCUT2D eigenvalue weighted by Gasteiger charge is -2.26. The lowest BCUT2D eigenvalue weighted by Crippen LogP contribution is -2.35. The average molecular weight is 406 g/mol. The highest BCUT2D eigenvalue weighted by atomic mass is 32.2. The normalized spacial score (nSPS) is 17.6. The number of carbonyl (C=O) groups is 1. The molecule has 9 heteroatoms. The third kappa shape index (κ3) is 5.90. The van der Waals surface area contributed by atoms with E-state index in [-0.39, 0.29) is 5.91 Å². The van der Waals surface area contributed by atoms with Crippen molar-refractivity contribution in [3.8, 4) is 0 Å². The second kappa shape index (κ2) is 9.01. The number of thioether (sulfide) groups is 1. The van der Waals surface area contributed by atoms with Gasteiger partial charge in [0.05, 0.1) is 19.0 Å². The Labute approximate surface area is 166 Å². The highest BCUT2D eigenvalue weighted by Crippen LogP contribution is 2.30. The summed E-state index contributed by atoms with van der Waals surface area (Å²) in [6.45, 7) is 4.47. The van der Waals surface area contributed by atoms with E-state index in [0.717, 1.165) is 48.0 Å². The lowest BCUT2D eigenvalue weighted by molar-refractivity contribution is -0.113. The van der Waals surface area contributed by atoms with Crippen molar-refractivity contribution in [1.82, 2.24) is 15.1 Å². The van der Waals surface area contributed by atoms with Crippen molar-refractivity contribution in [1.29, 1.82) is 0 Å². The maximum absolute atomic E-state index is 12.2. The number of ether oxygens (including phenoxy) is 1. The van der Waals surface area contributed by atoms with Crippen LogP contribution in [0.2, 0.25) is 0 Å². The number of hydrogen-bond donors (Lipinski definition) is 2. The highest BCUT2D eigenvalue weighted by Gasteiger charge is 2.22. The van der Waals surface area contributed by atoms with Gasteiger partial charge >= 0.3 is 0 Å². The van der Waals surface area contributed by atoms with E-state index >= 15 is 0 Å². The Hall–Kier alpha value is -1.68. The smallest absolute Gasteiger partial charge is 0.234 e. The molecule has 144 valence electrons. The van der Waals surface area contributed by atoms with Crippen LogP contribution in [0.4, 0.5) is 10.8 Å². The standard InChI is InChI=1S/C18H23N5O2S2/c24-16(12-26-18-22-21-17(27-18)20-15-5-6-15)19-14-3-1-13(2-4-14)11-23-7-9-25-10-8-23/h1-4,15H,5-12H2,(H,19,24)(H,20,21). The third-order valence-electron chi connectivity index (χ3n) is 4.39. The summed E-state index contributed by atoms with van der Waals surface area (Å²) in [5.74, 6) is 0.293. The fourth-order valence-corrected chi connectivity index (χ4v) is 4.39. The van der Waals surface area contributed by atoms with E-state index in [4.69, 9.17) is 4.74 Å². The molecule has 2 fully saturated rings. The minimum absolute atomic E-state index is 0.0344. The first-order chi connectivity index (χ1) is 13.2. The van der Waals surface area contributed by atoms with Crippen LogP contribution in [0, 0.1) is 0 Å². The molecule has 2 aliphatic rings. The van der Waals surface area contributed by atoms with Gasteiger partial charge in [0.1, 0.15) is 0 Å². The molecule has 0 radical (unpaired) electrons. The van der Waals surface area contributed by atoms with Crippen LogP contribution in [-0.2, 0) is 16.1 Å². The van der Waals surface area contributed by atoms with Crippen LogP contribution >= 0.6 is 23.1 Å². The molecule has 1 saturated heterocycles. The van der Waals surface area contributed by atoms with E-state index in [1.165, 1.54) is 41.5 Å². The zero-order valence-electron chi connectivity index (χ0n) is 15.0. The molecule has 1 saturated carbocycles. The minimum atomic E-state index is -0.0344. The first-order valence-electron chi connectivity index (χ1n) is 9.16. The molecule has 0 atom stereocenters. The van der Waals surface area contributed by atoms with Crippen molar-refractivity contribution in [2.45, 2.75) is 29.8 Å². The topological polar surface area (TPSA) is 79.4 Å². The summed E-state index contributed by atoms with van der Waals surface area (Å²) in [5, 5.41) is 15.3. The summed E-state index contributed by atoms with van der Waals surface area (Å²) in [6, 6.07) is 8.62. The number of aromatic nitrogens is 2. The molecule has 4 rings (SSSR count). The maximum atomic E-state index is 12.2. The highest BCUT2D eigenvalue weighted by molar-refractivity contribution is 8.01. The monoisotopic (exact) mass is 405 g/mol. The van der Waals surface area contributed by atoms with Crippen LogP contribution in [0.1, 0.15) is 18.4 Å². The van der Waals surface area contributed by atoms with Gasteiger partial charge in [-0.1, -0.05) is 35.2 Å². The van der Waals surface area contributed by atoms with Crippen molar-refractivity contribution < 1.29 is 9.53 Å². The largest absolute Gasteiger partial charge is 0.379 e. The van der Waals surface area contributed by atoms with E-state index in [0.29, 0.717) is 11.8 Å². The van der Waals surface area contributed by atoms with Crippen molar-refractivity contribution in [3.63, 3.8) is 0 Å². The molecule has 27 heavy (non-hydrogen) atoms. The Kier molecular flexibility index (Phi) is 6.23. The van der Waals surface area contributed by atoms with Gasteiger partial charge in [-0.2, -0.15) is 0 Å². The van der Waals surface area contributed by atoms with Crippen LogP contribution in [0.25, 0.3) is 0 Å². The summed E-state index contributed by atoms with van der Waals surface area (Å²) in [4.78, 5) is 14.5. The molecule has 1 amide bonds. The Morgan fingerprint density at radius 3 is 2.74 bits per heavy atom. The number of benzene rings is 1. The molecule has 2 aromatic rings. The Bertz CT molecular complexity index is 757. The van der Waals surface area contributed by atoms with Crippen molar-refractivity contribution in [2.75, 3.05) is 42.7 Å². The fraction of sp³-hybridized carbons (Fsp3) is 0.500. The molecule has 1 aromatic carbocycles. The van der Waals surface area contributed by atoms with Crippen LogP contribution in [0.5, 0.6) is 0 Å². The Balaban J connectivity index is 1.21. The summed E-state index contributed by atoms with van der Waals surface area (Å²) < 4.78 is 6.19. The number of amides is 1. The van der Waals surface area contributed by atoms with Gasteiger partial charge in [0.25, 0.3) is 0 Å². The number of morpholine rings is 1. The van der Waals surface area contributed by atoms with Crippen molar-refractivity contribution in [2.24, 2.45) is 0 Å². The van der Waals surface area contributed by atoms with Gasteiger partial charge in [-0.3, -0.25) is 9.69 Å². The van der Waals surface area contributed by atoms with Crippen molar-refractivity contribution >= 4 is 39.8 Å². The SMILES string of the molecule is O=C(CSc1nnc(NC2CC2)s1)Nc1ccc(CN2CCOCC2)cc1. The second-order valence-electron chi connectivity index (χ2n) is 6.71. The molecular weight excluding hydrogens is 382 g/mol. The van der Waals surface area contributed by atoms with Gasteiger partial charge in [0.15, 0.2) is 4.34 Å². The summed E-state index contributed by atoms with van der Waals surface area (Å²) >= 11 is 2.92. The zero-order chi connectivity index (χ0) is 18.5. The van der Waals surface area contributed by atoms with E-state index < -0.39 is 0 Å². The number of rotatable bonds is 8. The summed E-state index contributed by atoms with van der Waals surface area (Å²) in [6.07, 6.45) is 2.41. The van der Waals surface area contributed by atoms with Gasteiger partial charge in [-0.15, -0.1) is 10.2 Å². The third-order valence-corrected chi connectivity index (χ3v) is 6.37. The molecule has 0 bridgehead atoms. The number of hydrogen-bond acceptors (Lipinski definition) is 8. The van der Waals surface area contributed by atoms with Crippen LogP contribution < -0.4 is 10.6 Å². The van der Waals surface area contributed by atoms with Gasteiger partial charge in [-0.05, 0) is 30.5 Å². The molecule has 0 unspecified atom stereocenters. The minimum Gasteiger partial charge on any atom is -0.379 e. The molecule has 7 nitrogen and oxygen atoms in total. The predicted octanol–water partition coefficient (Wildman–Crippen LogP) is 2.68. The number of nitrogens with zero attached hydrogens (tertiary/aromatic N) is 3. The van der Waals surface area contributed by atoms with E-state index in [1.807, 2.05) is 12.1 Å². The van der Waals surface area contributed by atoms with Crippen molar-refractivity contribution in [3.05, 3.63) is 29.8 Å². The molecule has 0 spiro atoms. The fourth-order valence-electron chi connectivity index (χ4n) is 2.76. The van der Waals surface area contributed by atoms with E-state index in [9.17, 15) is 4.79 Å². The second-order valence-corrected chi connectivity index (χ2v) is 8.91. The van der Waals surface area contributed by atoms with Gasteiger partial charge < -0.3 is 15.4 Å². The average Bonchev–Trinajstić information content (AvgIpc) is 3.39. The quantitative estimate of drug-likeness (QED) is 0.654. The molecule has 2 N–H and O–H groups in total. The first kappa shape index (κ1) is 18.7. The van der Waals surface area contributed by atoms with E-state index in [1.54, 1.807) is 0 Å². The van der Waals surface area contributed by atoms with Crippen LogP contribution in [0.3, 0.4) is 0 Å². The molecule has 2 heterocycles. The number of anilines is 2. The van der Waals surface area contributed by atoms with Crippen LogP contribution in [-0.4, -0.2) is 59.1 Å². The number of carbonyl (C=O) groups excluding carboxylic acids is 1. The lowest BCUT2D eigenvalue weighted by atomic mass is 10.2. The Morgan fingerprint density at radius 2 is 2.00 bits per heavy atom. The Morgan fingerprint density at radius 1 is 1.22 bits per heavy atom.